The second kappa shape index (κ2) is 49.0. The number of amides is 17. The first-order valence-corrected chi connectivity index (χ1v) is 45.1. The zero-order valence-electron chi connectivity index (χ0n) is 84.2. The average molecular weight is 1840 g/mol. The van der Waals surface area contributed by atoms with E-state index in [2.05, 4.69) is 105 Å². The van der Waals surface area contributed by atoms with E-state index in [1.165, 1.54) is 111 Å². The van der Waals surface area contributed by atoms with Crippen molar-refractivity contribution < 1.29 is 86.2 Å². The van der Waals surface area contributed by atoms with E-state index in [1.54, 1.807) is 90.0 Å². The highest BCUT2D eigenvalue weighted by Crippen LogP contribution is 2.22. The molecule has 1 aromatic heterocycles. The Balaban J connectivity index is 3.37. The predicted molar refractivity (Wildman–Crippen MR) is 495 cm³/mol. The molecule has 0 spiro atoms. The van der Waals surface area contributed by atoms with Gasteiger partial charge in [0.1, 0.15) is 104 Å². The average Bonchev–Trinajstić information content (AvgIpc) is 0.823. The summed E-state index contributed by atoms with van der Waals surface area (Å²) in [7, 11) is 0. The summed E-state index contributed by atoms with van der Waals surface area (Å²) in [5.74, 6) is -13.8. The Morgan fingerprint density at radius 2 is 0.400 bits per heavy atom. The lowest BCUT2D eigenvalue weighted by molar-refractivity contribution is -0.140. The molecule has 0 aromatic carbocycles. The van der Waals surface area contributed by atoms with Gasteiger partial charge in [0, 0.05) is 13.0 Å². The molecule has 40 heteroatoms. The van der Waals surface area contributed by atoms with E-state index in [4.69, 9.17) is 16.2 Å². The molecule has 8 atom stereocenters. The van der Waals surface area contributed by atoms with Crippen LogP contribution in [0, 0.1) is 47.3 Å². The summed E-state index contributed by atoms with van der Waals surface area (Å²) in [6.07, 6.45) is -0.0417. The molecule has 740 valence electrons. The summed E-state index contributed by atoms with van der Waals surface area (Å²) in [5.41, 5.74) is -3.22. The molecule has 0 saturated heterocycles. The molecule has 0 saturated carbocycles. The zero-order valence-corrected chi connectivity index (χ0v) is 84.2. The minimum atomic E-state index is -1.80. The molecular formula is C90H162N22O18. The first kappa shape index (κ1) is 117. The third-order valence-electron chi connectivity index (χ3n) is 20.4. The fourth-order valence-corrected chi connectivity index (χ4v) is 13.1. The van der Waals surface area contributed by atoms with E-state index >= 15 is 0 Å². The van der Waals surface area contributed by atoms with Crippen LogP contribution in [0.2, 0.25) is 0 Å². The molecule has 17 amide bonds. The van der Waals surface area contributed by atoms with Gasteiger partial charge in [0.15, 0.2) is 0 Å². The molecule has 0 aliphatic heterocycles. The highest BCUT2D eigenvalue weighted by Gasteiger charge is 2.46. The molecule has 1 rings (SSSR count). The summed E-state index contributed by atoms with van der Waals surface area (Å²) in [5, 5.41) is 46.0. The van der Waals surface area contributed by atoms with Crippen molar-refractivity contribution in [2.75, 3.05) is 18.0 Å². The number of carbonyl (C=O) groups excluding carboxylic acids is 17. The van der Waals surface area contributed by atoms with Crippen molar-refractivity contribution in [2.45, 2.75) is 398 Å². The first-order valence-electron chi connectivity index (χ1n) is 45.1. The number of nitrogens with two attached hydrogens (primary N) is 2. The monoisotopic (exact) mass is 1840 g/mol. The van der Waals surface area contributed by atoms with Gasteiger partial charge in [-0.05, 0) is 230 Å². The Bertz CT molecular complexity index is 4080. The Labute approximate surface area is 770 Å². The van der Waals surface area contributed by atoms with Crippen LogP contribution in [0.25, 0.3) is 0 Å². The van der Waals surface area contributed by atoms with Crippen LogP contribution < -0.4 is 102 Å². The van der Waals surface area contributed by atoms with Crippen molar-refractivity contribution in [3.05, 3.63) is 5.82 Å². The predicted octanol–water partition coefficient (Wildman–Crippen LogP) is 3.51. The number of ether oxygens (including phenoxy) is 1. The maximum atomic E-state index is 14.5. The lowest BCUT2D eigenvalue weighted by atomic mass is 9.95. The number of alkyl carbamates (subject to hydrolysis) is 1. The third kappa shape index (κ3) is 41.2. The number of nitrogens with zero attached hydrogens (tertiary/aromatic N) is 3. The first-order chi connectivity index (χ1) is 58.9. The third-order valence-corrected chi connectivity index (χ3v) is 20.4. The molecule has 130 heavy (non-hydrogen) atoms. The number of nitrogens with one attached hydrogen (secondary N) is 17. The number of carbonyl (C=O) groups is 17. The van der Waals surface area contributed by atoms with Crippen LogP contribution in [0.15, 0.2) is 0 Å². The van der Waals surface area contributed by atoms with Crippen molar-refractivity contribution in [3.8, 4) is 0 Å². The van der Waals surface area contributed by atoms with Crippen LogP contribution >= 0.6 is 0 Å². The molecule has 0 aliphatic rings. The summed E-state index contributed by atoms with van der Waals surface area (Å²) >= 11 is 0. The van der Waals surface area contributed by atoms with Crippen LogP contribution in [0.4, 0.5) is 16.7 Å². The van der Waals surface area contributed by atoms with Gasteiger partial charge in [0.25, 0.3) is 0 Å². The Hall–Kier alpha value is -10.6. The number of hydrogen-bond acceptors (Lipinski definition) is 23. The largest absolute Gasteiger partial charge is 0.444 e. The molecule has 0 unspecified atom stereocenters. The van der Waals surface area contributed by atoms with E-state index in [0.717, 1.165) is 0 Å². The minimum Gasteiger partial charge on any atom is -0.444 e. The molecule has 0 bridgehead atoms. The minimum absolute atomic E-state index is 0.0258. The van der Waals surface area contributed by atoms with Crippen molar-refractivity contribution in [1.29, 1.82) is 0 Å². The molecule has 21 N–H and O–H groups in total. The van der Waals surface area contributed by atoms with Gasteiger partial charge in [0.2, 0.25) is 106 Å². The number of anilines is 2. The number of aromatic nitrogens is 3. The molecule has 1 aromatic rings. The van der Waals surface area contributed by atoms with Gasteiger partial charge in [-0.2, -0.15) is 15.0 Å². The molecular weight excluding hydrogens is 1680 g/mol. The van der Waals surface area contributed by atoms with Gasteiger partial charge >= 0.3 is 6.09 Å². The number of hydrogen-bond donors (Lipinski definition) is 19. The Morgan fingerprint density at radius 1 is 0.246 bits per heavy atom. The van der Waals surface area contributed by atoms with E-state index < -0.39 is 199 Å². The number of rotatable bonds is 51. The van der Waals surface area contributed by atoms with Gasteiger partial charge in [-0.3, -0.25) is 76.7 Å². The van der Waals surface area contributed by atoms with Gasteiger partial charge in [-0.15, -0.1) is 0 Å². The summed E-state index contributed by atoms with van der Waals surface area (Å²) in [6.45, 7) is 56.6. The maximum Gasteiger partial charge on any atom is 0.408 e. The molecule has 40 nitrogen and oxygen atoms in total. The summed E-state index contributed by atoms with van der Waals surface area (Å²) in [4.78, 5) is 252. The topological polar surface area (TPSA) is 595 Å². The van der Waals surface area contributed by atoms with E-state index in [1.807, 2.05) is 41.5 Å². The molecule has 0 radical (unpaired) electrons. The van der Waals surface area contributed by atoms with Gasteiger partial charge in [-0.25, -0.2) is 4.79 Å². The van der Waals surface area contributed by atoms with Crippen LogP contribution in [-0.4, -0.2) is 220 Å². The van der Waals surface area contributed by atoms with Crippen LogP contribution in [0.3, 0.4) is 0 Å². The summed E-state index contributed by atoms with van der Waals surface area (Å²) < 4.78 is 5.38. The van der Waals surface area contributed by atoms with Crippen molar-refractivity contribution in [1.82, 2.24) is 105 Å². The van der Waals surface area contributed by atoms with E-state index in [9.17, 15) is 81.5 Å². The lowest BCUT2D eigenvalue weighted by Gasteiger charge is -2.35. The van der Waals surface area contributed by atoms with Crippen molar-refractivity contribution in [3.63, 3.8) is 0 Å². The fourth-order valence-electron chi connectivity index (χ4n) is 13.1. The highest BCUT2D eigenvalue weighted by molar-refractivity contribution is 6.04. The van der Waals surface area contributed by atoms with Crippen LogP contribution in [-0.2, 0) is 87.9 Å². The fraction of sp³-hybridized carbons (Fsp3) is 0.778. The van der Waals surface area contributed by atoms with E-state index in [0.29, 0.717) is 0 Å². The normalized spacial score (nSPS) is 14.4. The highest BCUT2D eigenvalue weighted by atomic mass is 16.6. The zero-order chi connectivity index (χ0) is 101. The maximum absolute atomic E-state index is 14.5. The SMILES string of the molecule is CC(C)C[C@H](NC(=O)OC(C)(C)C)C(=O)NC(C)(C)C(=O)N[C@@H](CC(C)C)C(=O)NC(C)(C)C(=O)N[C@@H](CC(C)C)C(=O)NC(C)(C)C(=O)N[C@@H](CC(C)C)C(=O)NC(C)(C)C(=O)N[C@@H](CC(C)C)C(=O)NC(C)(C)C(=O)N[C@@H](CC(C)C)C(=O)NC(C)(C)C(=O)N[C@@H](CC(C)C)C(=O)NC(C)(C)C(=O)N[C@@H](CC(C)C)C(=O)NC(C)(C)C(=O)NCCc1nc(N)nc(N)n1. The Kier molecular flexibility index (Phi) is 44.3. The Morgan fingerprint density at radius 3 is 0.554 bits per heavy atom. The van der Waals surface area contributed by atoms with E-state index in [-0.39, 0.29) is 129 Å². The van der Waals surface area contributed by atoms with Crippen molar-refractivity contribution in [2.24, 2.45) is 47.3 Å². The van der Waals surface area contributed by atoms with Gasteiger partial charge < -0.3 is 107 Å². The second-order valence-corrected chi connectivity index (χ2v) is 42.8. The number of nitrogen functional groups attached to an aromatic ring is 2. The lowest BCUT2D eigenvalue weighted by Crippen LogP contribution is -2.66. The smallest absolute Gasteiger partial charge is 0.408 e. The van der Waals surface area contributed by atoms with Gasteiger partial charge in [0.05, 0.1) is 0 Å². The summed E-state index contributed by atoms with van der Waals surface area (Å²) in [6, 6.07) is -10.0. The standard InChI is InChI=1S/C90H162N22O18/c1-46(2)38-54(63(113)105-83(20,21)71(121)93-37-36-62-102-79(91)104-80(92)103-62)94-72(122)84(22,23)106-64(114)55(39-47(3)4)95-73(123)85(24,25)107-65(115)56(40-48(5)6)96-74(124)86(26,27)108-66(116)57(41-49(7)8)97-75(125)87(28,29)109-67(117)58(42-50(9)10)98-76(126)88(30,31)110-68(118)59(43-51(11)12)99-77(127)89(32,33)111-69(119)60(44-52(13)14)100-78(128)90(34,35)112-70(120)61(45-53(15)16)101-81(129)130-82(17,18)19/h46-61H,36-45H2,1-35H3,(H,93,121)(H,94,122)(H,95,123)(H,96,124)(H,97,125)(H,98,126)(H,99,127)(H,100,128)(H,101,129)(H,105,113)(H,106,114)(H,107,115)(H,108,116)(H,109,117)(H,110,118)(H,111,119)(H,112,120)(H4,91,92,102,103,104)/t54-,55-,56-,57-,58-,59-,60-,61-/m0/s1. The molecule has 1 heterocycles. The van der Waals surface area contributed by atoms with Crippen LogP contribution in [0.5, 0.6) is 0 Å². The second-order valence-electron chi connectivity index (χ2n) is 42.8. The quantitative estimate of drug-likeness (QED) is 0.0444. The van der Waals surface area contributed by atoms with Crippen molar-refractivity contribution >= 4 is 113 Å². The molecule has 0 aliphatic carbocycles. The van der Waals surface area contributed by atoms with Crippen LogP contribution in [0.1, 0.15) is 300 Å². The van der Waals surface area contributed by atoms with Gasteiger partial charge in [-0.1, -0.05) is 111 Å². The molecule has 0 fully saturated rings.